The zero-order chi connectivity index (χ0) is 15.4. The molecule has 1 amide bonds. The third-order valence-electron chi connectivity index (χ3n) is 3.76. The summed E-state index contributed by atoms with van der Waals surface area (Å²) >= 11 is 1.42. The van der Waals surface area contributed by atoms with E-state index in [1.165, 1.54) is 11.3 Å². The molecule has 0 saturated carbocycles. The first-order valence-corrected chi connectivity index (χ1v) is 8.25. The number of anilines is 1. The minimum Gasteiger partial charge on any atom is -0.356 e. The van der Waals surface area contributed by atoms with Crippen LogP contribution < -0.4 is 16.0 Å². The lowest BCUT2D eigenvalue weighted by Crippen LogP contribution is -2.45. The Morgan fingerprint density at radius 1 is 1.41 bits per heavy atom. The van der Waals surface area contributed by atoms with Gasteiger partial charge in [0.1, 0.15) is 16.5 Å². The Morgan fingerprint density at radius 3 is 2.86 bits per heavy atom. The summed E-state index contributed by atoms with van der Waals surface area (Å²) in [7, 11) is 0. The van der Waals surface area contributed by atoms with E-state index in [1.54, 1.807) is 11.6 Å². The first-order valence-electron chi connectivity index (χ1n) is 7.37. The average Bonchev–Trinajstić information content (AvgIpc) is 3.06. The minimum absolute atomic E-state index is 0.104. The molecule has 0 radical (unpaired) electrons. The zero-order valence-electron chi connectivity index (χ0n) is 12.2. The molecule has 1 aliphatic heterocycles. The quantitative estimate of drug-likeness (QED) is 0.890. The summed E-state index contributed by atoms with van der Waals surface area (Å²) < 4.78 is 0. The summed E-state index contributed by atoms with van der Waals surface area (Å²) in [6, 6.07) is 6.12. The van der Waals surface area contributed by atoms with Crippen LogP contribution in [-0.4, -0.2) is 35.0 Å². The Bertz CT molecular complexity index is 622. The maximum absolute atomic E-state index is 12.2. The van der Waals surface area contributed by atoms with Gasteiger partial charge >= 0.3 is 0 Å². The normalized spacial score (nSPS) is 15.8. The second-order valence-electron chi connectivity index (χ2n) is 5.25. The highest BCUT2D eigenvalue weighted by Crippen LogP contribution is 2.18. The fourth-order valence-electron chi connectivity index (χ4n) is 2.56. The van der Waals surface area contributed by atoms with E-state index >= 15 is 0 Å². The summed E-state index contributed by atoms with van der Waals surface area (Å²) in [5, 5.41) is 5.61. The molecule has 6 nitrogen and oxygen atoms in total. The number of piperidine rings is 1. The van der Waals surface area contributed by atoms with Gasteiger partial charge in [-0.25, -0.2) is 9.97 Å². The number of thiazole rings is 1. The molecular weight excluding hydrogens is 298 g/mol. The van der Waals surface area contributed by atoms with Crippen LogP contribution in [0.2, 0.25) is 0 Å². The maximum atomic E-state index is 12.2. The van der Waals surface area contributed by atoms with Crippen molar-refractivity contribution in [3.63, 3.8) is 0 Å². The average molecular weight is 317 g/mol. The van der Waals surface area contributed by atoms with E-state index in [0.29, 0.717) is 12.2 Å². The molecular formula is C15H19N5OS. The monoisotopic (exact) mass is 317 g/mol. The van der Waals surface area contributed by atoms with Crippen LogP contribution in [0.25, 0.3) is 0 Å². The Morgan fingerprint density at radius 2 is 2.23 bits per heavy atom. The molecule has 3 heterocycles. The highest BCUT2D eigenvalue weighted by atomic mass is 32.1. The van der Waals surface area contributed by atoms with Crippen LogP contribution in [0.1, 0.15) is 28.3 Å². The van der Waals surface area contributed by atoms with Crippen molar-refractivity contribution in [1.29, 1.82) is 0 Å². The van der Waals surface area contributed by atoms with Crippen molar-refractivity contribution in [3.8, 4) is 0 Å². The topological polar surface area (TPSA) is 84.1 Å². The smallest absolute Gasteiger partial charge is 0.270 e. The van der Waals surface area contributed by atoms with Crippen molar-refractivity contribution in [2.45, 2.75) is 25.4 Å². The number of hydrogen-bond acceptors (Lipinski definition) is 6. The molecule has 2 aromatic rings. The number of hydrogen-bond donors (Lipinski definition) is 2. The fourth-order valence-corrected chi connectivity index (χ4v) is 3.22. The first kappa shape index (κ1) is 14.9. The SMILES string of the molecule is NCc1nc(C(=O)NC2CCN(c3ccccn3)CC2)cs1. The number of nitrogens with two attached hydrogens (primary N) is 1. The number of nitrogens with zero attached hydrogens (tertiary/aromatic N) is 3. The van der Waals surface area contributed by atoms with Crippen LogP contribution >= 0.6 is 11.3 Å². The number of aromatic nitrogens is 2. The van der Waals surface area contributed by atoms with E-state index in [2.05, 4.69) is 20.2 Å². The first-order chi connectivity index (χ1) is 10.8. The second-order valence-corrected chi connectivity index (χ2v) is 6.20. The zero-order valence-corrected chi connectivity index (χ0v) is 13.1. The molecule has 22 heavy (non-hydrogen) atoms. The van der Waals surface area contributed by atoms with Crippen molar-refractivity contribution in [1.82, 2.24) is 15.3 Å². The molecule has 2 aromatic heterocycles. The minimum atomic E-state index is -0.104. The molecule has 1 saturated heterocycles. The van der Waals surface area contributed by atoms with Gasteiger partial charge in [0, 0.05) is 37.3 Å². The van der Waals surface area contributed by atoms with E-state index in [9.17, 15) is 4.79 Å². The molecule has 0 unspecified atom stereocenters. The largest absolute Gasteiger partial charge is 0.356 e. The lowest BCUT2D eigenvalue weighted by Gasteiger charge is -2.33. The van der Waals surface area contributed by atoms with Gasteiger partial charge in [0.2, 0.25) is 0 Å². The fraction of sp³-hybridized carbons (Fsp3) is 0.400. The van der Waals surface area contributed by atoms with E-state index in [-0.39, 0.29) is 11.9 Å². The van der Waals surface area contributed by atoms with Crippen LogP contribution in [0.15, 0.2) is 29.8 Å². The van der Waals surface area contributed by atoms with Gasteiger partial charge in [-0.05, 0) is 25.0 Å². The Kier molecular flexibility index (Phi) is 4.65. The van der Waals surface area contributed by atoms with Crippen molar-refractivity contribution in [2.75, 3.05) is 18.0 Å². The summed E-state index contributed by atoms with van der Waals surface area (Å²) in [6.45, 7) is 2.17. The summed E-state index contributed by atoms with van der Waals surface area (Å²) in [4.78, 5) is 23.0. The van der Waals surface area contributed by atoms with E-state index in [1.807, 2.05) is 18.2 Å². The third kappa shape index (κ3) is 3.42. The highest BCUT2D eigenvalue weighted by Gasteiger charge is 2.22. The summed E-state index contributed by atoms with van der Waals surface area (Å²) in [5.74, 6) is 0.895. The number of amides is 1. The predicted molar refractivity (Wildman–Crippen MR) is 86.9 cm³/mol. The van der Waals surface area contributed by atoms with E-state index < -0.39 is 0 Å². The summed E-state index contributed by atoms with van der Waals surface area (Å²) in [5.41, 5.74) is 5.99. The third-order valence-corrected chi connectivity index (χ3v) is 4.63. The molecule has 0 atom stereocenters. The lowest BCUT2D eigenvalue weighted by molar-refractivity contribution is 0.0926. The molecule has 3 N–H and O–H groups in total. The second kappa shape index (κ2) is 6.85. The molecule has 0 aromatic carbocycles. The number of carbonyl (C=O) groups is 1. The molecule has 1 fully saturated rings. The van der Waals surface area contributed by atoms with Gasteiger partial charge in [-0.2, -0.15) is 0 Å². The lowest BCUT2D eigenvalue weighted by atomic mass is 10.0. The van der Waals surface area contributed by atoms with Crippen molar-refractivity contribution in [3.05, 3.63) is 40.5 Å². The highest BCUT2D eigenvalue weighted by molar-refractivity contribution is 7.09. The van der Waals surface area contributed by atoms with Gasteiger partial charge in [-0.1, -0.05) is 6.07 Å². The molecule has 0 bridgehead atoms. The molecule has 0 spiro atoms. The summed E-state index contributed by atoms with van der Waals surface area (Å²) in [6.07, 6.45) is 3.63. The Labute approximate surface area is 133 Å². The van der Waals surface area contributed by atoms with Crippen LogP contribution in [0.5, 0.6) is 0 Å². The predicted octanol–water partition coefficient (Wildman–Crippen LogP) is 1.40. The number of pyridine rings is 1. The van der Waals surface area contributed by atoms with Gasteiger partial charge in [-0.15, -0.1) is 11.3 Å². The van der Waals surface area contributed by atoms with Crippen LogP contribution in [0.3, 0.4) is 0 Å². The van der Waals surface area contributed by atoms with Gasteiger partial charge in [-0.3, -0.25) is 4.79 Å². The van der Waals surface area contributed by atoms with Gasteiger partial charge in [0.25, 0.3) is 5.91 Å². The van der Waals surface area contributed by atoms with Gasteiger partial charge in [0.05, 0.1) is 0 Å². The van der Waals surface area contributed by atoms with Gasteiger partial charge < -0.3 is 16.0 Å². The Balaban J connectivity index is 1.52. The maximum Gasteiger partial charge on any atom is 0.270 e. The van der Waals surface area contributed by atoms with Crippen LogP contribution in [0, 0.1) is 0 Å². The standard InChI is InChI=1S/C15H19N5OS/c16-9-14-19-12(10-22-14)15(21)18-11-4-7-20(8-5-11)13-3-1-2-6-17-13/h1-3,6,10-11H,4-5,7-9,16H2,(H,18,21). The van der Waals surface area contributed by atoms with Crippen molar-refractivity contribution >= 4 is 23.1 Å². The van der Waals surface area contributed by atoms with E-state index in [0.717, 1.165) is 36.8 Å². The Hall–Kier alpha value is -1.99. The van der Waals surface area contributed by atoms with E-state index in [4.69, 9.17) is 5.73 Å². The molecule has 1 aliphatic rings. The molecule has 116 valence electrons. The van der Waals surface area contributed by atoms with Crippen LogP contribution in [0.4, 0.5) is 5.82 Å². The molecule has 7 heteroatoms. The number of nitrogens with one attached hydrogen (secondary N) is 1. The molecule has 3 rings (SSSR count). The van der Waals surface area contributed by atoms with Gasteiger partial charge in [0.15, 0.2) is 0 Å². The van der Waals surface area contributed by atoms with Crippen molar-refractivity contribution < 1.29 is 4.79 Å². The van der Waals surface area contributed by atoms with Crippen molar-refractivity contribution in [2.24, 2.45) is 5.73 Å². The number of rotatable bonds is 4. The van der Waals surface area contributed by atoms with Crippen LogP contribution in [-0.2, 0) is 6.54 Å². The number of carbonyl (C=O) groups excluding carboxylic acids is 1. The molecule has 0 aliphatic carbocycles.